The van der Waals surface area contributed by atoms with Crippen LogP contribution >= 0.6 is 0 Å². The number of nitrogens with one attached hydrogen (secondary N) is 4. The van der Waals surface area contributed by atoms with Gasteiger partial charge in [-0.05, 0) is 60.9 Å². The van der Waals surface area contributed by atoms with Crippen molar-refractivity contribution in [3.05, 3.63) is 83.4 Å². The standard InChI is InChI=1S/C31H36N4O8/c1-19-6-4-5-7-23(19)34-30(42)35-24-13-8-20(14-26(24)43-3)15-27(38)32-22-11-9-21(10-12-22)25(16-28(39)40)33-29(41)31(2,17-36)18-37/h4-14,25,36-37H,15-18H2,1-3H3,(H,32,38)(H,33,41)(H,39,40)(H2,34,35,42). The van der Waals surface area contributed by atoms with E-state index in [0.717, 1.165) is 5.56 Å². The number of amides is 4. The van der Waals surface area contributed by atoms with Crippen molar-refractivity contribution in [1.29, 1.82) is 0 Å². The molecule has 228 valence electrons. The summed E-state index contributed by atoms with van der Waals surface area (Å²) in [6.45, 7) is 2.01. The van der Waals surface area contributed by atoms with Crippen molar-refractivity contribution in [3.8, 4) is 5.75 Å². The largest absolute Gasteiger partial charge is 0.495 e. The number of carboxylic acids is 1. The molecule has 0 fully saturated rings. The van der Waals surface area contributed by atoms with Gasteiger partial charge in [-0.3, -0.25) is 14.4 Å². The molecule has 12 heteroatoms. The molecule has 3 rings (SSSR count). The third-order valence-corrected chi connectivity index (χ3v) is 6.80. The number of benzene rings is 3. The molecule has 0 spiro atoms. The van der Waals surface area contributed by atoms with Crippen molar-refractivity contribution in [2.45, 2.75) is 32.7 Å². The second-order valence-corrected chi connectivity index (χ2v) is 10.3. The van der Waals surface area contributed by atoms with Gasteiger partial charge in [-0.25, -0.2) is 4.79 Å². The number of rotatable bonds is 13. The average Bonchev–Trinajstić information content (AvgIpc) is 2.98. The SMILES string of the molecule is COc1cc(CC(=O)Nc2ccc(C(CC(=O)O)NC(=O)C(C)(CO)CO)cc2)ccc1NC(=O)Nc1ccccc1C. The molecule has 0 aliphatic heterocycles. The van der Waals surface area contributed by atoms with Gasteiger partial charge in [-0.15, -0.1) is 0 Å². The van der Waals surface area contributed by atoms with E-state index in [1.807, 2.05) is 25.1 Å². The molecule has 0 saturated carbocycles. The second-order valence-electron chi connectivity index (χ2n) is 10.3. The predicted octanol–water partition coefficient (Wildman–Crippen LogP) is 3.45. The Morgan fingerprint density at radius 3 is 2.14 bits per heavy atom. The van der Waals surface area contributed by atoms with Crippen LogP contribution in [0.5, 0.6) is 5.75 Å². The summed E-state index contributed by atoms with van der Waals surface area (Å²) in [5.41, 5.74) is 2.08. The second kappa shape index (κ2) is 14.8. The van der Waals surface area contributed by atoms with Gasteiger partial charge in [0.25, 0.3) is 0 Å². The highest BCUT2D eigenvalue weighted by molar-refractivity contribution is 6.01. The number of para-hydroxylation sites is 1. The van der Waals surface area contributed by atoms with Crippen LogP contribution in [0.1, 0.15) is 36.1 Å². The van der Waals surface area contributed by atoms with Crippen LogP contribution in [0.2, 0.25) is 0 Å². The van der Waals surface area contributed by atoms with E-state index in [0.29, 0.717) is 33.9 Å². The van der Waals surface area contributed by atoms with Gasteiger partial charge in [0.2, 0.25) is 11.8 Å². The lowest BCUT2D eigenvalue weighted by molar-refractivity contribution is -0.139. The lowest BCUT2D eigenvalue weighted by atomic mass is 9.90. The van der Waals surface area contributed by atoms with Crippen molar-refractivity contribution < 1.29 is 39.2 Å². The summed E-state index contributed by atoms with van der Waals surface area (Å²) < 4.78 is 5.41. The Morgan fingerprint density at radius 1 is 0.884 bits per heavy atom. The molecule has 3 aromatic carbocycles. The fourth-order valence-corrected chi connectivity index (χ4v) is 4.08. The van der Waals surface area contributed by atoms with Crippen molar-refractivity contribution in [2.75, 3.05) is 36.3 Å². The number of ether oxygens (including phenoxy) is 1. The highest BCUT2D eigenvalue weighted by atomic mass is 16.5. The highest BCUT2D eigenvalue weighted by Gasteiger charge is 2.34. The van der Waals surface area contributed by atoms with Crippen LogP contribution in [0.25, 0.3) is 0 Å². The quantitative estimate of drug-likeness (QED) is 0.157. The molecule has 4 amide bonds. The first-order valence-corrected chi connectivity index (χ1v) is 13.4. The predicted molar refractivity (Wildman–Crippen MR) is 161 cm³/mol. The smallest absolute Gasteiger partial charge is 0.323 e. The van der Waals surface area contributed by atoms with E-state index in [1.165, 1.54) is 14.0 Å². The first-order chi connectivity index (χ1) is 20.5. The molecule has 3 aromatic rings. The van der Waals surface area contributed by atoms with E-state index in [1.54, 1.807) is 48.5 Å². The third kappa shape index (κ3) is 9.02. The number of carbonyl (C=O) groups is 4. The topological polar surface area (TPSA) is 186 Å². The third-order valence-electron chi connectivity index (χ3n) is 6.80. The fourth-order valence-electron chi connectivity index (χ4n) is 4.08. The minimum absolute atomic E-state index is 0.00635. The van der Waals surface area contributed by atoms with Crippen LogP contribution in [0.3, 0.4) is 0 Å². The molecule has 12 nitrogen and oxygen atoms in total. The van der Waals surface area contributed by atoms with Crippen molar-refractivity contribution in [1.82, 2.24) is 5.32 Å². The zero-order valence-corrected chi connectivity index (χ0v) is 24.1. The summed E-state index contributed by atoms with van der Waals surface area (Å²) in [7, 11) is 1.46. The number of carboxylic acid groups (broad SMARTS) is 1. The summed E-state index contributed by atoms with van der Waals surface area (Å²) in [4.78, 5) is 49.2. The Balaban J connectivity index is 1.63. The summed E-state index contributed by atoms with van der Waals surface area (Å²) in [6.07, 6.45) is -0.420. The summed E-state index contributed by atoms with van der Waals surface area (Å²) in [5.74, 6) is -1.80. The van der Waals surface area contributed by atoms with Gasteiger partial charge in [-0.2, -0.15) is 0 Å². The Bertz CT molecular complexity index is 1450. The Labute approximate surface area is 249 Å². The number of aliphatic hydroxyl groups is 2. The van der Waals surface area contributed by atoms with E-state index < -0.39 is 49.0 Å². The molecular formula is C31H36N4O8. The van der Waals surface area contributed by atoms with Crippen LogP contribution in [0.15, 0.2) is 66.7 Å². The molecule has 0 bridgehead atoms. The van der Waals surface area contributed by atoms with E-state index in [4.69, 9.17) is 4.74 Å². The fraction of sp³-hybridized carbons (Fsp3) is 0.290. The number of carbonyl (C=O) groups excluding carboxylic acids is 3. The number of aliphatic carboxylic acids is 1. The number of hydrogen-bond acceptors (Lipinski definition) is 7. The first kappa shape index (κ1) is 32.6. The van der Waals surface area contributed by atoms with Crippen molar-refractivity contribution in [2.24, 2.45) is 5.41 Å². The minimum Gasteiger partial charge on any atom is -0.495 e. The van der Waals surface area contributed by atoms with E-state index in [9.17, 15) is 34.5 Å². The summed E-state index contributed by atoms with van der Waals surface area (Å²) >= 11 is 0. The molecule has 0 heterocycles. The molecule has 0 aliphatic rings. The number of aliphatic hydroxyl groups excluding tert-OH is 2. The number of aryl methyl sites for hydroxylation is 1. The number of anilines is 3. The first-order valence-electron chi connectivity index (χ1n) is 13.4. The van der Waals surface area contributed by atoms with Gasteiger partial charge in [0.1, 0.15) is 5.75 Å². The zero-order chi connectivity index (χ0) is 31.6. The Hall–Kier alpha value is -4.94. The van der Waals surface area contributed by atoms with Crippen LogP contribution in [-0.2, 0) is 20.8 Å². The van der Waals surface area contributed by atoms with Gasteiger partial charge >= 0.3 is 12.0 Å². The van der Waals surface area contributed by atoms with Gasteiger partial charge < -0.3 is 41.3 Å². The molecular weight excluding hydrogens is 556 g/mol. The lowest BCUT2D eigenvalue weighted by Gasteiger charge is -2.27. The van der Waals surface area contributed by atoms with Crippen LogP contribution in [0, 0.1) is 12.3 Å². The minimum atomic E-state index is -1.48. The molecule has 0 aromatic heterocycles. The maximum atomic E-state index is 12.8. The number of methoxy groups -OCH3 is 1. The Morgan fingerprint density at radius 2 is 1.53 bits per heavy atom. The molecule has 1 atom stereocenters. The monoisotopic (exact) mass is 592 g/mol. The van der Waals surface area contributed by atoms with Crippen LogP contribution in [-0.4, -0.2) is 59.5 Å². The van der Waals surface area contributed by atoms with Crippen LogP contribution < -0.4 is 26.0 Å². The molecule has 0 aliphatic carbocycles. The average molecular weight is 593 g/mol. The van der Waals surface area contributed by atoms with Gasteiger partial charge in [-0.1, -0.05) is 36.4 Å². The Kier molecular flexibility index (Phi) is 11.2. The molecule has 0 radical (unpaired) electrons. The van der Waals surface area contributed by atoms with E-state index in [-0.39, 0.29) is 12.3 Å². The van der Waals surface area contributed by atoms with E-state index in [2.05, 4.69) is 21.3 Å². The maximum Gasteiger partial charge on any atom is 0.323 e. The summed E-state index contributed by atoms with van der Waals surface area (Å²) in [5, 5.41) is 39.1. The maximum absolute atomic E-state index is 12.8. The highest BCUT2D eigenvalue weighted by Crippen LogP contribution is 2.27. The van der Waals surface area contributed by atoms with Crippen LogP contribution in [0.4, 0.5) is 21.9 Å². The van der Waals surface area contributed by atoms with Gasteiger partial charge in [0.05, 0.1) is 50.3 Å². The van der Waals surface area contributed by atoms with Crippen molar-refractivity contribution >= 4 is 40.9 Å². The zero-order valence-electron chi connectivity index (χ0n) is 24.1. The normalized spacial score (nSPS) is 11.7. The molecule has 7 N–H and O–H groups in total. The number of urea groups is 1. The van der Waals surface area contributed by atoms with Gasteiger partial charge in [0.15, 0.2) is 0 Å². The summed E-state index contributed by atoms with van der Waals surface area (Å²) in [6, 6.07) is 17.3. The molecule has 43 heavy (non-hydrogen) atoms. The molecule has 1 unspecified atom stereocenters. The van der Waals surface area contributed by atoms with Crippen molar-refractivity contribution in [3.63, 3.8) is 0 Å². The lowest BCUT2D eigenvalue weighted by Crippen LogP contribution is -2.45. The van der Waals surface area contributed by atoms with E-state index >= 15 is 0 Å². The molecule has 0 saturated heterocycles. The van der Waals surface area contributed by atoms with Gasteiger partial charge in [0, 0.05) is 11.4 Å². The number of hydrogen-bond donors (Lipinski definition) is 7.